The summed E-state index contributed by atoms with van der Waals surface area (Å²) >= 11 is 5.65. The summed E-state index contributed by atoms with van der Waals surface area (Å²) in [5.41, 5.74) is 2.64. The van der Waals surface area contributed by atoms with Crippen LogP contribution in [0, 0.1) is 0 Å². The molecule has 6 N–H and O–H groups in total. The molecule has 2 heterocycles. The standard InChI is InChI=1S/C31H34N4O9S2/c1-17(36)32-22(13-25(37)38)28(41)33-21-11-10-19-8-5-9-20-12-23(35(27(19)20)30(21)43)29(42)34-24(14-26(39)40)31(44,45)16-46-15-18-6-3-2-4-7-18/h2-11,21-24,44-45H,12-16H2,1H3,(H,32,36)(H,33,41)(H,34,42)(H,37,38)(H,39,40)/t21-,22-,23-,24-,31-/m0/s1. The highest BCUT2D eigenvalue weighted by atomic mass is 32.2. The van der Waals surface area contributed by atoms with Gasteiger partial charge in [-0.3, -0.25) is 33.7 Å². The number of carboxylic acid groups (broad SMARTS) is 2. The summed E-state index contributed by atoms with van der Waals surface area (Å²) in [5.74, 6) is -5.14. The molecule has 0 saturated carbocycles. The molecule has 2 aliphatic rings. The van der Waals surface area contributed by atoms with Gasteiger partial charge < -0.3 is 31.3 Å². The molecule has 0 saturated heterocycles. The number of carboxylic acids is 2. The molecular weight excluding hydrogens is 636 g/mol. The van der Waals surface area contributed by atoms with E-state index in [4.69, 9.17) is 0 Å². The third-order valence-electron chi connectivity index (χ3n) is 7.44. The number of para-hydroxylation sites is 1. The zero-order valence-corrected chi connectivity index (χ0v) is 26.4. The summed E-state index contributed by atoms with van der Waals surface area (Å²) < 4.78 is 0. The first-order valence-electron chi connectivity index (χ1n) is 14.3. The number of rotatable bonds is 14. The number of carbonyl (C=O) groups is 6. The number of hydrogen-bond acceptors (Lipinski definition) is 9. The second kappa shape index (κ2) is 14.8. The van der Waals surface area contributed by atoms with E-state index in [0.717, 1.165) is 12.5 Å². The van der Waals surface area contributed by atoms with Crippen molar-refractivity contribution in [2.45, 2.75) is 61.0 Å². The maximum atomic E-state index is 13.9. The fourth-order valence-electron chi connectivity index (χ4n) is 5.32. The van der Waals surface area contributed by atoms with E-state index in [1.807, 2.05) is 30.3 Å². The van der Waals surface area contributed by atoms with E-state index in [1.165, 1.54) is 22.7 Å². The number of nitrogens with one attached hydrogen (secondary N) is 3. The van der Waals surface area contributed by atoms with Crippen LogP contribution in [0.15, 0.2) is 54.6 Å². The number of hydrogen-bond donors (Lipinski definition) is 7. The lowest BCUT2D eigenvalue weighted by Gasteiger charge is -2.34. The highest BCUT2D eigenvalue weighted by Crippen LogP contribution is 2.39. The van der Waals surface area contributed by atoms with Gasteiger partial charge in [-0.2, -0.15) is 11.8 Å². The monoisotopic (exact) mass is 670 g/mol. The summed E-state index contributed by atoms with van der Waals surface area (Å²) in [7, 11) is 0. The zero-order valence-electron chi connectivity index (χ0n) is 24.7. The molecule has 0 bridgehead atoms. The molecule has 244 valence electrons. The van der Waals surface area contributed by atoms with Crippen molar-refractivity contribution in [2.75, 3.05) is 10.7 Å². The fraction of sp³-hybridized carbons (Fsp3) is 0.355. The molecule has 4 rings (SSSR count). The fourth-order valence-corrected chi connectivity index (χ4v) is 6.79. The molecule has 4 amide bonds. The minimum Gasteiger partial charge on any atom is -0.481 e. The molecule has 46 heavy (non-hydrogen) atoms. The number of amides is 4. The second-order valence-electron chi connectivity index (χ2n) is 11.0. The number of benzene rings is 2. The lowest BCUT2D eigenvalue weighted by atomic mass is 10.0. The molecule has 2 aromatic rings. The third-order valence-corrected chi connectivity index (χ3v) is 9.31. The van der Waals surface area contributed by atoms with E-state index in [9.17, 15) is 44.1 Å². The van der Waals surface area contributed by atoms with Crippen molar-refractivity contribution in [2.24, 2.45) is 0 Å². The van der Waals surface area contributed by atoms with Crippen molar-refractivity contribution in [3.05, 3.63) is 71.3 Å². The largest absolute Gasteiger partial charge is 0.481 e. The number of thioether (sulfide) groups is 1. The van der Waals surface area contributed by atoms with E-state index in [-0.39, 0.29) is 12.2 Å². The molecule has 0 aliphatic carbocycles. The van der Waals surface area contributed by atoms with Gasteiger partial charge >= 0.3 is 11.9 Å². The molecule has 0 spiro atoms. The Bertz CT molecular complexity index is 1530. The van der Waals surface area contributed by atoms with Crippen LogP contribution in [0.3, 0.4) is 0 Å². The molecule has 5 atom stereocenters. The first kappa shape index (κ1) is 34.5. The average Bonchev–Trinajstić information content (AvgIpc) is 3.32. The highest BCUT2D eigenvalue weighted by Gasteiger charge is 2.45. The number of nitrogens with zero attached hydrogens (tertiary/aromatic N) is 1. The van der Waals surface area contributed by atoms with Crippen LogP contribution in [0.1, 0.15) is 36.5 Å². The normalized spacial score (nSPS) is 19.2. The predicted molar refractivity (Wildman–Crippen MR) is 173 cm³/mol. The van der Waals surface area contributed by atoms with Gasteiger partial charge in [0.05, 0.1) is 24.6 Å². The predicted octanol–water partition coefficient (Wildman–Crippen LogP) is 0.947. The van der Waals surface area contributed by atoms with Crippen molar-refractivity contribution < 1.29 is 44.1 Å². The topological polar surface area (TPSA) is 202 Å². The van der Waals surface area contributed by atoms with Crippen LogP contribution in [0.5, 0.6) is 0 Å². The van der Waals surface area contributed by atoms with E-state index in [1.54, 1.807) is 24.3 Å². The summed E-state index contributed by atoms with van der Waals surface area (Å²) in [4.78, 5) is 74.7. The van der Waals surface area contributed by atoms with Crippen molar-refractivity contribution in [3.63, 3.8) is 0 Å². The molecule has 0 fully saturated rings. The van der Waals surface area contributed by atoms with E-state index in [2.05, 4.69) is 28.6 Å². The Hall–Kier alpha value is -4.34. The van der Waals surface area contributed by atoms with E-state index in [0.29, 0.717) is 22.6 Å². The van der Waals surface area contributed by atoms with Gasteiger partial charge in [0.1, 0.15) is 23.1 Å². The number of carbonyl (C=O) groups excluding carboxylic acids is 4. The van der Waals surface area contributed by atoms with Crippen LogP contribution in [0.25, 0.3) is 6.08 Å². The summed E-state index contributed by atoms with van der Waals surface area (Å²) in [6, 6.07) is 9.31. The maximum absolute atomic E-state index is 13.9. The van der Waals surface area contributed by atoms with E-state index < -0.39 is 77.5 Å². The Morgan fingerprint density at radius 1 is 1.02 bits per heavy atom. The van der Waals surface area contributed by atoms with Crippen molar-refractivity contribution in [3.8, 4) is 0 Å². The van der Waals surface area contributed by atoms with E-state index >= 15 is 0 Å². The molecule has 15 heteroatoms. The summed E-state index contributed by atoms with van der Waals surface area (Å²) in [6.45, 7) is 1.12. The minimum absolute atomic E-state index is 0.0231. The second-order valence-corrected chi connectivity index (χ2v) is 12.8. The Kier molecular flexibility index (Phi) is 11.1. The quantitative estimate of drug-likeness (QED) is 0.112. The third kappa shape index (κ3) is 8.47. The van der Waals surface area contributed by atoms with Crippen molar-refractivity contribution in [1.29, 1.82) is 0 Å². The first-order valence-corrected chi connectivity index (χ1v) is 15.9. The number of thiol groups is 1. The molecule has 2 aliphatic heterocycles. The number of aliphatic carboxylic acids is 2. The highest BCUT2D eigenvalue weighted by molar-refractivity contribution is 7.99. The molecule has 13 nitrogen and oxygen atoms in total. The summed E-state index contributed by atoms with van der Waals surface area (Å²) in [6.07, 6.45) is 1.69. The smallest absolute Gasteiger partial charge is 0.305 e. The number of anilines is 1. The lowest BCUT2D eigenvalue weighted by molar-refractivity contribution is -0.141. The Morgan fingerprint density at radius 2 is 1.72 bits per heavy atom. The van der Waals surface area contributed by atoms with Gasteiger partial charge in [-0.05, 0) is 16.7 Å². The lowest BCUT2D eigenvalue weighted by Crippen LogP contribution is -2.59. The van der Waals surface area contributed by atoms with Gasteiger partial charge in [-0.1, -0.05) is 60.7 Å². The Balaban J connectivity index is 1.55. The first-order chi connectivity index (χ1) is 21.8. The van der Waals surface area contributed by atoms with Gasteiger partial charge in [0.15, 0.2) is 0 Å². The van der Waals surface area contributed by atoms with Gasteiger partial charge in [-0.25, -0.2) is 0 Å². The van der Waals surface area contributed by atoms with Gasteiger partial charge in [-0.15, -0.1) is 12.6 Å². The summed E-state index contributed by atoms with van der Waals surface area (Å²) in [5, 5.41) is 37.3. The van der Waals surface area contributed by atoms with Crippen LogP contribution < -0.4 is 20.9 Å². The van der Waals surface area contributed by atoms with Crippen LogP contribution in [-0.2, 0) is 40.9 Å². The van der Waals surface area contributed by atoms with Crippen molar-refractivity contribution >= 4 is 71.7 Å². The van der Waals surface area contributed by atoms with Crippen LogP contribution in [0.4, 0.5) is 5.69 Å². The SMILES string of the molecule is CC(=O)N[C@@H](CC(=O)O)C(=O)N[C@H]1C=Cc2cccc3c2N(C1=O)[C@H](C(=O)N[C@@H](CC(=O)O)[C@@](O)(S)CSCc1ccccc1)C3. The van der Waals surface area contributed by atoms with Crippen LogP contribution in [0.2, 0.25) is 0 Å². The molecule has 0 radical (unpaired) electrons. The Labute approximate surface area is 274 Å². The van der Waals surface area contributed by atoms with Crippen LogP contribution in [-0.4, -0.2) is 85.7 Å². The van der Waals surface area contributed by atoms with Crippen molar-refractivity contribution in [1.82, 2.24) is 16.0 Å². The maximum Gasteiger partial charge on any atom is 0.305 e. The molecule has 2 aromatic carbocycles. The molecular formula is C31H34N4O9S2. The minimum atomic E-state index is -1.94. The number of aliphatic hydroxyl groups is 1. The van der Waals surface area contributed by atoms with Gasteiger partial charge in [0.25, 0.3) is 5.91 Å². The van der Waals surface area contributed by atoms with Gasteiger partial charge in [0, 0.05) is 24.9 Å². The molecule has 0 unspecified atom stereocenters. The molecule has 0 aromatic heterocycles. The van der Waals surface area contributed by atoms with Gasteiger partial charge in [0.2, 0.25) is 17.7 Å². The zero-order chi connectivity index (χ0) is 33.6. The average molecular weight is 671 g/mol. The Morgan fingerprint density at radius 3 is 2.37 bits per heavy atom. The van der Waals surface area contributed by atoms with Crippen LogP contribution >= 0.6 is 24.4 Å².